The van der Waals surface area contributed by atoms with Gasteiger partial charge in [-0.2, -0.15) is 0 Å². The normalized spacial score (nSPS) is 13.3. The summed E-state index contributed by atoms with van der Waals surface area (Å²) in [6, 6.07) is 4.59. The van der Waals surface area contributed by atoms with Gasteiger partial charge in [0.1, 0.15) is 17.9 Å². The molecule has 0 aliphatic rings. The number of hydrogen-bond donors (Lipinski definition) is 0. The van der Waals surface area contributed by atoms with E-state index >= 15 is 0 Å². The zero-order valence-electron chi connectivity index (χ0n) is 10.8. The summed E-state index contributed by atoms with van der Waals surface area (Å²) < 4.78 is 44.2. The summed E-state index contributed by atoms with van der Waals surface area (Å²) >= 11 is 6.03. The summed E-state index contributed by atoms with van der Waals surface area (Å²) in [4.78, 5) is 4.18. The zero-order valence-corrected chi connectivity index (χ0v) is 11.6. The smallest absolute Gasteiger partial charge is 0.261 e. The Kier molecular flexibility index (Phi) is 4.88. The number of ether oxygens (including phenoxy) is 1. The highest BCUT2D eigenvalue weighted by Gasteiger charge is 2.17. The second-order valence-corrected chi connectivity index (χ2v) is 4.97. The minimum atomic E-state index is -2.50. The molecule has 0 spiro atoms. The highest BCUT2D eigenvalue weighted by Crippen LogP contribution is 2.25. The molecule has 3 nitrogen and oxygen atoms in total. The second-order valence-electron chi connectivity index (χ2n) is 4.31. The van der Waals surface area contributed by atoms with Crippen LogP contribution in [-0.2, 0) is 11.3 Å². The molecule has 1 unspecified atom stereocenters. The second kappa shape index (κ2) is 6.45. The van der Waals surface area contributed by atoms with Gasteiger partial charge in [-0.25, -0.2) is 18.2 Å². The molecular weight excluding hydrogens is 293 g/mol. The molecule has 0 N–H and O–H groups in total. The molecule has 110 valence electrons. The van der Waals surface area contributed by atoms with E-state index in [1.807, 2.05) is 0 Å². The number of para-hydroxylation sites is 1. The fourth-order valence-corrected chi connectivity index (χ4v) is 2.16. The van der Waals surface area contributed by atoms with E-state index in [-0.39, 0.29) is 12.1 Å². The van der Waals surface area contributed by atoms with E-state index in [9.17, 15) is 13.2 Å². The number of hydrogen-bond acceptors (Lipinski definition) is 2. The molecule has 1 aromatic carbocycles. The highest BCUT2D eigenvalue weighted by molar-refractivity contribution is 6.20. The Morgan fingerprint density at radius 1 is 1.40 bits per heavy atom. The van der Waals surface area contributed by atoms with Crippen molar-refractivity contribution in [2.24, 2.45) is 0 Å². The van der Waals surface area contributed by atoms with E-state index in [0.717, 1.165) is 0 Å². The molecule has 0 aliphatic heterocycles. The first-order chi connectivity index (χ1) is 9.50. The van der Waals surface area contributed by atoms with Crippen LogP contribution in [0.15, 0.2) is 18.2 Å². The summed E-state index contributed by atoms with van der Waals surface area (Å²) in [7, 11) is 0. The lowest BCUT2D eigenvalue weighted by atomic mass is 10.3. The maximum absolute atomic E-state index is 13.7. The van der Waals surface area contributed by atoms with Gasteiger partial charge in [-0.3, -0.25) is 0 Å². The number of fused-ring (bicyclic) bond motifs is 1. The van der Waals surface area contributed by atoms with Crippen LogP contribution in [0.5, 0.6) is 0 Å². The van der Waals surface area contributed by atoms with Crippen LogP contribution in [0.2, 0.25) is 0 Å². The van der Waals surface area contributed by atoms with Crippen molar-refractivity contribution in [2.45, 2.75) is 25.3 Å². The van der Waals surface area contributed by atoms with Crippen LogP contribution in [0.1, 0.15) is 18.1 Å². The minimum Gasteiger partial charge on any atom is -0.374 e. The average molecular weight is 307 g/mol. The monoisotopic (exact) mass is 306 g/mol. The Labute approximate surface area is 119 Å². The molecule has 2 aromatic rings. The van der Waals surface area contributed by atoms with Gasteiger partial charge in [-0.05, 0) is 19.1 Å². The molecule has 7 heteroatoms. The molecule has 0 radical (unpaired) electrons. The number of imidazole rings is 1. The molecule has 2 rings (SSSR count). The van der Waals surface area contributed by atoms with Crippen molar-refractivity contribution in [3.05, 3.63) is 29.8 Å². The SMILES string of the molecule is CC(Cl)c1nc2c(F)cccc2n1CCOCC(F)F. The van der Waals surface area contributed by atoms with Crippen LogP contribution >= 0.6 is 11.6 Å². The summed E-state index contributed by atoms with van der Waals surface area (Å²) in [5.74, 6) is 0.0562. The summed E-state index contributed by atoms with van der Waals surface area (Å²) in [6.07, 6.45) is -2.50. The molecule has 0 amide bonds. The van der Waals surface area contributed by atoms with Crippen molar-refractivity contribution in [3.63, 3.8) is 0 Å². The average Bonchev–Trinajstić information content (AvgIpc) is 2.75. The molecular formula is C13H14ClF3N2O. The van der Waals surface area contributed by atoms with Crippen molar-refractivity contribution < 1.29 is 17.9 Å². The minimum absolute atomic E-state index is 0.0862. The fraction of sp³-hybridized carbons (Fsp3) is 0.462. The van der Waals surface area contributed by atoms with E-state index in [0.29, 0.717) is 17.9 Å². The topological polar surface area (TPSA) is 27.1 Å². The largest absolute Gasteiger partial charge is 0.374 e. The van der Waals surface area contributed by atoms with Crippen molar-refractivity contribution >= 4 is 22.6 Å². The number of nitrogens with zero attached hydrogens (tertiary/aromatic N) is 2. The van der Waals surface area contributed by atoms with E-state index < -0.39 is 24.2 Å². The lowest BCUT2D eigenvalue weighted by molar-refractivity contribution is 0.0148. The van der Waals surface area contributed by atoms with Gasteiger partial charge in [0.2, 0.25) is 0 Å². The Morgan fingerprint density at radius 2 is 2.15 bits per heavy atom. The predicted molar refractivity (Wildman–Crippen MR) is 70.8 cm³/mol. The molecule has 20 heavy (non-hydrogen) atoms. The van der Waals surface area contributed by atoms with Gasteiger partial charge >= 0.3 is 0 Å². The quantitative estimate of drug-likeness (QED) is 0.600. The maximum Gasteiger partial charge on any atom is 0.261 e. The maximum atomic E-state index is 13.7. The third kappa shape index (κ3) is 3.24. The summed E-state index contributed by atoms with van der Waals surface area (Å²) in [5.41, 5.74) is 0.803. The van der Waals surface area contributed by atoms with Gasteiger partial charge in [-0.15, -0.1) is 11.6 Å². The van der Waals surface area contributed by atoms with Crippen molar-refractivity contribution in [3.8, 4) is 0 Å². The lowest BCUT2D eigenvalue weighted by Crippen LogP contribution is -2.12. The van der Waals surface area contributed by atoms with Crippen LogP contribution in [0, 0.1) is 5.82 Å². The third-order valence-electron chi connectivity index (χ3n) is 2.82. The number of aromatic nitrogens is 2. The van der Waals surface area contributed by atoms with Crippen LogP contribution in [-0.4, -0.2) is 29.2 Å². The number of alkyl halides is 3. The lowest BCUT2D eigenvalue weighted by Gasteiger charge is -2.10. The number of rotatable bonds is 6. The van der Waals surface area contributed by atoms with Gasteiger partial charge in [0.25, 0.3) is 6.43 Å². The predicted octanol–water partition coefficient (Wildman–Crippen LogP) is 3.76. The Balaban J connectivity index is 2.25. The van der Waals surface area contributed by atoms with Gasteiger partial charge < -0.3 is 9.30 Å². The first kappa shape index (κ1) is 15.1. The van der Waals surface area contributed by atoms with E-state index in [1.54, 1.807) is 23.6 Å². The molecule has 0 aliphatic carbocycles. The Bertz CT molecular complexity index is 586. The molecule has 1 heterocycles. The van der Waals surface area contributed by atoms with Gasteiger partial charge in [0.15, 0.2) is 5.82 Å². The standard InChI is InChI=1S/C13H14ClF3N2O/c1-8(14)13-18-12-9(15)3-2-4-10(12)19(13)5-6-20-7-11(16)17/h2-4,8,11H,5-7H2,1H3. The third-order valence-corrected chi connectivity index (χ3v) is 3.01. The van der Waals surface area contributed by atoms with E-state index in [4.69, 9.17) is 16.3 Å². The van der Waals surface area contributed by atoms with Crippen LogP contribution in [0.4, 0.5) is 13.2 Å². The molecule has 0 fully saturated rings. The summed E-state index contributed by atoms with van der Waals surface area (Å²) in [5, 5.41) is -0.420. The highest BCUT2D eigenvalue weighted by atomic mass is 35.5. The Hall–Kier alpha value is -1.27. The zero-order chi connectivity index (χ0) is 14.7. The van der Waals surface area contributed by atoms with E-state index in [2.05, 4.69) is 4.98 Å². The number of halogens is 4. The Morgan fingerprint density at radius 3 is 2.80 bits per heavy atom. The van der Waals surface area contributed by atoms with Crippen LogP contribution in [0.25, 0.3) is 11.0 Å². The fourth-order valence-electron chi connectivity index (χ4n) is 2.00. The van der Waals surface area contributed by atoms with Crippen molar-refractivity contribution in [1.29, 1.82) is 0 Å². The van der Waals surface area contributed by atoms with E-state index in [1.165, 1.54) is 6.07 Å². The van der Waals surface area contributed by atoms with Crippen LogP contribution < -0.4 is 0 Å². The molecule has 1 aromatic heterocycles. The first-order valence-electron chi connectivity index (χ1n) is 6.15. The molecule has 0 saturated heterocycles. The van der Waals surface area contributed by atoms with Crippen LogP contribution in [0.3, 0.4) is 0 Å². The van der Waals surface area contributed by atoms with Gasteiger partial charge in [-0.1, -0.05) is 6.07 Å². The molecule has 1 atom stereocenters. The molecule has 0 bridgehead atoms. The summed E-state index contributed by atoms with van der Waals surface area (Å²) in [6.45, 7) is 1.48. The number of benzene rings is 1. The molecule has 0 saturated carbocycles. The first-order valence-corrected chi connectivity index (χ1v) is 6.59. The van der Waals surface area contributed by atoms with Crippen molar-refractivity contribution in [2.75, 3.05) is 13.2 Å². The van der Waals surface area contributed by atoms with Gasteiger partial charge in [0, 0.05) is 6.54 Å². The van der Waals surface area contributed by atoms with Gasteiger partial charge in [0.05, 0.1) is 17.5 Å². The van der Waals surface area contributed by atoms with Crippen molar-refractivity contribution in [1.82, 2.24) is 9.55 Å².